The van der Waals surface area contributed by atoms with Gasteiger partial charge in [0.2, 0.25) is 0 Å². The first kappa shape index (κ1) is 64.9. The van der Waals surface area contributed by atoms with Crippen LogP contribution >= 0.6 is 7.82 Å². The van der Waals surface area contributed by atoms with Gasteiger partial charge < -0.3 is 24.2 Å². The molecule has 0 fully saturated rings. The van der Waals surface area contributed by atoms with Gasteiger partial charge in [-0.3, -0.25) is 23.4 Å². The van der Waals surface area contributed by atoms with Gasteiger partial charge in [-0.2, -0.15) is 0 Å². The van der Waals surface area contributed by atoms with Crippen LogP contribution in [0.15, 0.2) is 72.9 Å². The number of phosphoric ester groups is 1. The summed E-state index contributed by atoms with van der Waals surface area (Å²) in [6.07, 6.45) is 54.7. The first-order chi connectivity index (χ1) is 33.2. The van der Waals surface area contributed by atoms with E-state index in [0.29, 0.717) is 19.3 Å². The predicted octanol–water partition coefficient (Wildman–Crippen LogP) is 15.4. The highest BCUT2D eigenvalue weighted by atomic mass is 31.2. The summed E-state index contributed by atoms with van der Waals surface area (Å²) in [4.78, 5) is 48.3. The van der Waals surface area contributed by atoms with Crippen molar-refractivity contribution in [3.63, 3.8) is 0 Å². The molecule has 0 aliphatic heterocycles. The third-order valence-electron chi connectivity index (χ3n) is 11.1. The Morgan fingerprint density at radius 2 is 0.824 bits per heavy atom. The molecule has 0 spiro atoms. The Balaban J connectivity index is 4.85. The van der Waals surface area contributed by atoms with Crippen LogP contribution in [0.25, 0.3) is 0 Å². The molecular weight excluding hydrogens is 880 g/mol. The van der Waals surface area contributed by atoms with E-state index >= 15 is 0 Å². The standard InChI is InChI=1S/C56H97O11P/c1-4-7-10-13-16-19-22-25-26-29-32-35-38-41-44-47-56(60)67-53(49-63-54(58)45-42-39-36-33-30-27-23-20-17-14-11-8-5-2)51-65-68(61,62)64-50-52(48-57)66-55(59)46-43-40-37-34-31-28-24-21-18-15-12-9-6-3/h7,10,16,19-20,23,25-26,32,35,41,44,52-53,57H,4-6,8-9,11-15,17-18,21-22,24,27-31,33-34,36-40,42-43,45-51H2,1-3H3,(H,61,62)/b10-7-,19-16-,23-20-,26-25-,35-32-,44-41-. The molecule has 0 saturated carbocycles. The molecule has 0 aliphatic rings. The number of aliphatic hydroxyl groups excluding tert-OH is 1. The van der Waals surface area contributed by atoms with Crippen molar-refractivity contribution in [3.05, 3.63) is 72.9 Å². The number of rotatable bonds is 49. The van der Waals surface area contributed by atoms with Gasteiger partial charge in [0.05, 0.1) is 26.2 Å². The monoisotopic (exact) mass is 977 g/mol. The molecule has 68 heavy (non-hydrogen) atoms. The van der Waals surface area contributed by atoms with Crippen molar-refractivity contribution in [3.8, 4) is 0 Å². The molecule has 0 aromatic rings. The van der Waals surface area contributed by atoms with E-state index in [2.05, 4.69) is 69.4 Å². The fraction of sp³-hybridized carbons (Fsp3) is 0.732. The Hall–Kier alpha value is -3.08. The number of aliphatic hydroxyl groups is 1. The highest BCUT2D eigenvalue weighted by Gasteiger charge is 2.28. The van der Waals surface area contributed by atoms with E-state index < -0.39 is 57.8 Å². The van der Waals surface area contributed by atoms with Crippen molar-refractivity contribution in [1.29, 1.82) is 0 Å². The first-order valence-corrected chi connectivity index (χ1v) is 28.3. The summed E-state index contributed by atoms with van der Waals surface area (Å²) in [7, 11) is -4.77. The summed E-state index contributed by atoms with van der Waals surface area (Å²) in [6, 6.07) is 0. The van der Waals surface area contributed by atoms with E-state index in [0.717, 1.165) is 83.5 Å². The second kappa shape index (κ2) is 50.3. The topological polar surface area (TPSA) is 155 Å². The quantitative estimate of drug-likeness (QED) is 0.0197. The molecule has 0 bridgehead atoms. The average Bonchev–Trinajstić information content (AvgIpc) is 3.32. The Bertz CT molecular complexity index is 1420. The molecule has 0 aliphatic carbocycles. The smallest absolute Gasteiger partial charge is 0.462 e. The van der Waals surface area contributed by atoms with Gasteiger partial charge >= 0.3 is 25.7 Å². The lowest BCUT2D eigenvalue weighted by molar-refractivity contribution is -0.160. The van der Waals surface area contributed by atoms with Crippen molar-refractivity contribution >= 4 is 25.7 Å². The summed E-state index contributed by atoms with van der Waals surface area (Å²) >= 11 is 0. The molecule has 11 nitrogen and oxygen atoms in total. The number of hydrogen-bond donors (Lipinski definition) is 2. The van der Waals surface area contributed by atoms with Crippen LogP contribution in [0.4, 0.5) is 0 Å². The van der Waals surface area contributed by atoms with Crippen LogP contribution < -0.4 is 0 Å². The molecule has 0 heterocycles. The summed E-state index contributed by atoms with van der Waals surface area (Å²) in [6.45, 7) is 4.39. The van der Waals surface area contributed by atoms with Crippen LogP contribution in [0.5, 0.6) is 0 Å². The molecule has 3 unspecified atom stereocenters. The Kier molecular flexibility index (Phi) is 48.0. The van der Waals surface area contributed by atoms with Crippen LogP contribution in [0, 0.1) is 0 Å². The molecule has 0 aromatic carbocycles. The van der Waals surface area contributed by atoms with E-state index in [1.54, 1.807) is 6.08 Å². The lowest BCUT2D eigenvalue weighted by Crippen LogP contribution is -2.30. The van der Waals surface area contributed by atoms with E-state index in [1.165, 1.54) is 83.5 Å². The van der Waals surface area contributed by atoms with Crippen LogP contribution in [-0.4, -0.2) is 66.5 Å². The highest BCUT2D eigenvalue weighted by molar-refractivity contribution is 7.47. The third kappa shape index (κ3) is 48.0. The SMILES string of the molecule is CC/C=C\C/C=C\C/C=C\C/C=C\C/C=C\CC(=O)OC(COC(=O)CCCCCCC/C=C\CCCCCC)COP(=O)(O)OCC(CO)OC(=O)CCCCCCCCCCCCCCC. The molecule has 0 amide bonds. The Morgan fingerprint density at radius 1 is 0.441 bits per heavy atom. The molecule has 0 saturated heterocycles. The molecule has 0 rings (SSSR count). The molecular formula is C56H97O11P. The fourth-order valence-corrected chi connectivity index (χ4v) is 7.86. The third-order valence-corrected chi connectivity index (χ3v) is 12.1. The van der Waals surface area contributed by atoms with Crippen LogP contribution in [0.1, 0.15) is 226 Å². The number of ether oxygens (including phenoxy) is 3. The van der Waals surface area contributed by atoms with Crippen molar-refractivity contribution in [2.24, 2.45) is 0 Å². The van der Waals surface area contributed by atoms with E-state index in [4.69, 9.17) is 23.3 Å². The van der Waals surface area contributed by atoms with Gasteiger partial charge in [0.1, 0.15) is 12.7 Å². The lowest BCUT2D eigenvalue weighted by atomic mass is 10.0. The molecule has 392 valence electrons. The number of carbonyl (C=O) groups is 3. The van der Waals surface area contributed by atoms with Crippen LogP contribution in [0.2, 0.25) is 0 Å². The van der Waals surface area contributed by atoms with Crippen molar-refractivity contribution < 1.29 is 52.2 Å². The Morgan fingerprint density at radius 3 is 1.29 bits per heavy atom. The first-order valence-electron chi connectivity index (χ1n) is 26.8. The van der Waals surface area contributed by atoms with E-state index in [1.807, 2.05) is 18.2 Å². The van der Waals surface area contributed by atoms with Crippen LogP contribution in [0.3, 0.4) is 0 Å². The van der Waals surface area contributed by atoms with Gasteiger partial charge in [-0.05, 0) is 70.6 Å². The number of allylic oxidation sites excluding steroid dienone is 11. The summed E-state index contributed by atoms with van der Waals surface area (Å²) in [5.41, 5.74) is 0. The van der Waals surface area contributed by atoms with Crippen molar-refractivity contribution in [2.45, 2.75) is 238 Å². The minimum atomic E-state index is -4.77. The summed E-state index contributed by atoms with van der Waals surface area (Å²) in [5, 5.41) is 9.78. The molecule has 2 N–H and O–H groups in total. The van der Waals surface area contributed by atoms with Gasteiger partial charge in [0.25, 0.3) is 0 Å². The Labute approximate surface area is 414 Å². The van der Waals surface area contributed by atoms with Crippen LogP contribution in [-0.2, 0) is 42.2 Å². The van der Waals surface area contributed by atoms with E-state index in [9.17, 15) is 28.9 Å². The van der Waals surface area contributed by atoms with E-state index in [-0.39, 0.29) is 25.9 Å². The molecule has 3 atom stereocenters. The molecule has 0 radical (unpaired) electrons. The second-order valence-corrected chi connectivity index (χ2v) is 19.1. The van der Waals surface area contributed by atoms with Gasteiger partial charge in [-0.1, -0.05) is 209 Å². The lowest BCUT2D eigenvalue weighted by Gasteiger charge is -2.21. The maximum atomic E-state index is 12.8. The minimum Gasteiger partial charge on any atom is -0.462 e. The summed E-state index contributed by atoms with van der Waals surface area (Å²) in [5.74, 6) is -1.63. The van der Waals surface area contributed by atoms with Gasteiger partial charge in [-0.15, -0.1) is 0 Å². The average molecular weight is 977 g/mol. The second-order valence-electron chi connectivity index (χ2n) is 17.7. The fourth-order valence-electron chi connectivity index (χ4n) is 7.07. The zero-order chi connectivity index (χ0) is 49.9. The molecule has 12 heteroatoms. The zero-order valence-corrected chi connectivity index (χ0v) is 43.9. The summed E-state index contributed by atoms with van der Waals surface area (Å²) < 4.78 is 39.2. The normalized spacial score (nSPS) is 14.0. The number of phosphoric acid groups is 1. The maximum Gasteiger partial charge on any atom is 0.472 e. The van der Waals surface area contributed by atoms with Gasteiger partial charge in [0, 0.05) is 12.8 Å². The largest absolute Gasteiger partial charge is 0.472 e. The maximum absolute atomic E-state index is 12.8. The van der Waals surface area contributed by atoms with Gasteiger partial charge in [-0.25, -0.2) is 4.57 Å². The van der Waals surface area contributed by atoms with Crippen molar-refractivity contribution in [2.75, 3.05) is 26.4 Å². The number of esters is 3. The number of carbonyl (C=O) groups excluding carboxylic acids is 3. The predicted molar refractivity (Wildman–Crippen MR) is 279 cm³/mol. The number of hydrogen-bond acceptors (Lipinski definition) is 10. The minimum absolute atomic E-state index is 0.0666. The zero-order valence-electron chi connectivity index (χ0n) is 43.1. The number of unbranched alkanes of at least 4 members (excludes halogenated alkanes) is 21. The van der Waals surface area contributed by atoms with Crippen molar-refractivity contribution in [1.82, 2.24) is 0 Å². The molecule has 0 aromatic heterocycles. The highest BCUT2D eigenvalue weighted by Crippen LogP contribution is 2.43. The van der Waals surface area contributed by atoms with Gasteiger partial charge in [0.15, 0.2) is 6.10 Å².